The molecule has 2 N–H and O–H groups in total. The maximum absolute atomic E-state index is 13.4. The van der Waals surface area contributed by atoms with Gasteiger partial charge < -0.3 is 15.5 Å². The smallest absolute Gasteiger partial charge is 0.273 e. The molecule has 0 radical (unpaired) electrons. The van der Waals surface area contributed by atoms with Crippen molar-refractivity contribution < 1.29 is 9.59 Å². The lowest BCUT2D eigenvalue weighted by atomic mass is 9.47. The highest BCUT2D eigenvalue weighted by molar-refractivity contribution is 7.99. The number of aromatic nitrogens is 2. The Hall–Kier alpha value is -2.19. The molecule has 2 amide bonds. The Morgan fingerprint density at radius 3 is 2.51 bits per heavy atom. The van der Waals surface area contributed by atoms with Gasteiger partial charge in [0.25, 0.3) is 5.91 Å². The van der Waals surface area contributed by atoms with E-state index in [1.807, 2.05) is 37.2 Å². The van der Waals surface area contributed by atoms with E-state index in [2.05, 4.69) is 41.7 Å². The maximum atomic E-state index is 13.4. The third kappa shape index (κ3) is 5.11. The highest BCUT2D eigenvalue weighted by atomic mass is 35.5. The van der Waals surface area contributed by atoms with Crippen molar-refractivity contribution in [1.82, 2.24) is 20.4 Å². The number of benzene rings is 1. The molecule has 37 heavy (non-hydrogen) atoms. The summed E-state index contributed by atoms with van der Waals surface area (Å²) in [5.41, 5.74) is -0.00544. The quantitative estimate of drug-likeness (QED) is 0.352. The zero-order chi connectivity index (χ0) is 26.3. The molecule has 1 aromatic heterocycles. The van der Waals surface area contributed by atoms with Crippen LogP contribution in [-0.4, -0.2) is 53.0 Å². The normalized spacial score (nSPS) is 27.9. The number of thioether (sulfide) groups is 1. The van der Waals surface area contributed by atoms with Gasteiger partial charge in [0.05, 0.1) is 5.41 Å². The van der Waals surface area contributed by atoms with Crippen molar-refractivity contribution in [2.75, 3.05) is 24.2 Å². The summed E-state index contributed by atoms with van der Waals surface area (Å²) in [6, 6.07) is 10.6. The van der Waals surface area contributed by atoms with Gasteiger partial charge in [0, 0.05) is 43.4 Å². The number of aryl methyl sites for hydroxylation is 1. The Morgan fingerprint density at radius 1 is 1.19 bits per heavy atom. The van der Waals surface area contributed by atoms with Gasteiger partial charge in [-0.15, -0.1) is 11.8 Å². The number of carbonyl (C=O) groups is 2. The minimum Gasteiger partial charge on any atom is -0.356 e. The predicted octanol–water partition coefficient (Wildman–Crippen LogP) is 4.75. The van der Waals surface area contributed by atoms with E-state index in [0.717, 1.165) is 43.7 Å². The van der Waals surface area contributed by atoms with E-state index in [9.17, 15) is 9.59 Å². The highest BCUT2D eigenvalue weighted by Crippen LogP contribution is 2.60. The minimum atomic E-state index is -0.287. The molecule has 4 bridgehead atoms. The number of nitrogens with one attached hydrogen (secondary N) is 2. The molecule has 4 fully saturated rings. The molecule has 1 aromatic carbocycles. The summed E-state index contributed by atoms with van der Waals surface area (Å²) in [6.45, 7) is 4.82. The van der Waals surface area contributed by atoms with Gasteiger partial charge >= 0.3 is 0 Å². The largest absolute Gasteiger partial charge is 0.356 e. The number of hydrogen-bond donors (Lipinski definition) is 2. The Balaban J connectivity index is 1.21. The lowest BCUT2D eigenvalue weighted by Gasteiger charge is -2.59. The van der Waals surface area contributed by atoms with Crippen LogP contribution in [0.2, 0.25) is 5.02 Å². The third-order valence-corrected chi connectivity index (χ3v) is 10.1. The number of carbonyl (C=O) groups excluding carboxylic acids is 2. The zero-order valence-corrected chi connectivity index (χ0v) is 23.7. The monoisotopic (exact) mass is 543 g/mol. The van der Waals surface area contributed by atoms with Crippen molar-refractivity contribution in [2.45, 2.75) is 62.9 Å². The molecule has 4 aliphatic carbocycles. The Morgan fingerprint density at radius 2 is 1.86 bits per heavy atom. The average Bonchev–Trinajstić information content (AvgIpc) is 3.17. The van der Waals surface area contributed by atoms with Gasteiger partial charge in [-0.25, -0.2) is 0 Å². The van der Waals surface area contributed by atoms with Crippen LogP contribution in [0.25, 0.3) is 0 Å². The molecule has 200 valence electrons. The van der Waals surface area contributed by atoms with E-state index in [1.165, 1.54) is 4.90 Å². The number of nitrogens with zero attached hydrogens (tertiary/aromatic N) is 3. The van der Waals surface area contributed by atoms with Crippen molar-refractivity contribution in [3.05, 3.63) is 41.0 Å². The SMILES string of the molecule is CC(C)N(C)c1c(Cl)c(C(=O)NC2C3CC4CC2CC(C(=O)NCCSc2ccccc2)(C4)C3)nn1C. The molecule has 7 nitrogen and oxygen atoms in total. The van der Waals surface area contributed by atoms with E-state index in [0.29, 0.717) is 29.3 Å². The third-order valence-electron chi connectivity index (χ3n) is 8.74. The number of anilines is 1. The van der Waals surface area contributed by atoms with Crippen LogP contribution in [0.15, 0.2) is 35.2 Å². The van der Waals surface area contributed by atoms with Crippen molar-refractivity contribution >= 4 is 41.0 Å². The first-order valence-corrected chi connectivity index (χ1v) is 14.8. The van der Waals surface area contributed by atoms with Crippen LogP contribution in [0.1, 0.15) is 56.4 Å². The van der Waals surface area contributed by atoms with Gasteiger partial charge in [-0.2, -0.15) is 5.10 Å². The standard InChI is InChI=1S/C28H38ClN5O2S/c1-17(2)33(3)26-22(29)24(32-34(26)4)25(35)31-23-19-12-18-13-20(23)16-28(14-18,15-19)27(36)30-10-11-37-21-8-6-5-7-9-21/h5-9,17-20,23H,10-16H2,1-4H3,(H,30,36)(H,31,35). The van der Waals surface area contributed by atoms with Crippen LogP contribution in [0.5, 0.6) is 0 Å². The lowest BCUT2D eigenvalue weighted by Crippen LogP contribution is -2.62. The highest BCUT2D eigenvalue weighted by Gasteiger charge is 2.58. The van der Waals surface area contributed by atoms with Crippen molar-refractivity contribution in [2.24, 2.45) is 30.2 Å². The van der Waals surface area contributed by atoms with E-state index in [4.69, 9.17) is 11.6 Å². The molecule has 2 unspecified atom stereocenters. The van der Waals surface area contributed by atoms with Gasteiger partial charge in [0.15, 0.2) is 5.69 Å². The molecule has 1 heterocycles. The van der Waals surface area contributed by atoms with Crippen molar-refractivity contribution in [3.8, 4) is 0 Å². The first-order valence-electron chi connectivity index (χ1n) is 13.4. The second-order valence-electron chi connectivity index (χ2n) is 11.5. The summed E-state index contributed by atoms with van der Waals surface area (Å²) in [6.07, 6.45) is 4.84. The van der Waals surface area contributed by atoms with Crippen LogP contribution in [-0.2, 0) is 11.8 Å². The van der Waals surface area contributed by atoms with E-state index >= 15 is 0 Å². The van der Waals surface area contributed by atoms with Crippen LogP contribution in [0.4, 0.5) is 5.82 Å². The molecular formula is C28H38ClN5O2S. The van der Waals surface area contributed by atoms with Crippen LogP contribution < -0.4 is 15.5 Å². The fourth-order valence-corrected chi connectivity index (χ4v) is 8.23. The van der Waals surface area contributed by atoms with Crippen LogP contribution in [0, 0.1) is 23.2 Å². The summed E-state index contributed by atoms with van der Waals surface area (Å²) >= 11 is 8.42. The van der Waals surface area contributed by atoms with Gasteiger partial charge in [-0.05, 0) is 75.8 Å². The summed E-state index contributed by atoms with van der Waals surface area (Å²) < 4.78 is 1.68. The fraction of sp³-hybridized carbons (Fsp3) is 0.607. The number of amides is 2. The topological polar surface area (TPSA) is 79.3 Å². The van der Waals surface area contributed by atoms with Gasteiger partial charge in [0.2, 0.25) is 5.91 Å². The Labute approximate surface area is 229 Å². The molecule has 6 rings (SSSR count). The minimum absolute atomic E-state index is 0.0722. The molecule has 2 atom stereocenters. The average molecular weight is 544 g/mol. The summed E-state index contributed by atoms with van der Waals surface area (Å²) in [7, 11) is 3.78. The van der Waals surface area contributed by atoms with E-state index < -0.39 is 0 Å². The van der Waals surface area contributed by atoms with E-state index in [-0.39, 0.29) is 35.0 Å². The van der Waals surface area contributed by atoms with E-state index in [1.54, 1.807) is 16.4 Å². The zero-order valence-electron chi connectivity index (χ0n) is 22.2. The van der Waals surface area contributed by atoms with Crippen molar-refractivity contribution in [3.63, 3.8) is 0 Å². The molecular weight excluding hydrogens is 506 g/mol. The molecule has 2 aromatic rings. The first-order chi connectivity index (χ1) is 17.7. The van der Waals surface area contributed by atoms with Gasteiger partial charge in [-0.3, -0.25) is 14.3 Å². The Kier molecular flexibility index (Phi) is 7.51. The molecule has 0 saturated heterocycles. The summed E-state index contributed by atoms with van der Waals surface area (Å²) in [4.78, 5) is 30.0. The second-order valence-corrected chi connectivity index (χ2v) is 13.0. The van der Waals surface area contributed by atoms with Gasteiger partial charge in [0.1, 0.15) is 10.8 Å². The fourth-order valence-electron chi connectivity index (χ4n) is 7.06. The molecule has 4 aliphatic rings. The lowest BCUT2D eigenvalue weighted by molar-refractivity contribution is -0.148. The molecule has 0 aliphatic heterocycles. The molecule has 9 heteroatoms. The first kappa shape index (κ1) is 26.4. The maximum Gasteiger partial charge on any atom is 0.273 e. The van der Waals surface area contributed by atoms with Crippen molar-refractivity contribution in [1.29, 1.82) is 0 Å². The molecule has 0 spiro atoms. The second kappa shape index (κ2) is 10.5. The van der Waals surface area contributed by atoms with Gasteiger partial charge in [-0.1, -0.05) is 29.8 Å². The summed E-state index contributed by atoms with van der Waals surface area (Å²) in [5, 5.41) is 11.4. The van der Waals surface area contributed by atoms with Crippen LogP contribution >= 0.6 is 23.4 Å². The van der Waals surface area contributed by atoms with Crippen LogP contribution in [0.3, 0.4) is 0 Å². The number of hydrogen-bond acceptors (Lipinski definition) is 5. The molecule has 4 saturated carbocycles. The Bertz CT molecular complexity index is 1140. The number of halogens is 1. The summed E-state index contributed by atoms with van der Waals surface area (Å²) in [5.74, 6) is 2.81. The predicted molar refractivity (Wildman–Crippen MR) is 149 cm³/mol. The number of rotatable bonds is 9.